The number of nitrogens with one attached hydrogen (secondary N) is 1. The Morgan fingerprint density at radius 3 is 1.45 bits per heavy atom. The molecule has 2 aliphatic rings. The Morgan fingerprint density at radius 1 is 0.612 bits per heavy atom. The SMILES string of the molecule is O=C(CCN1C(=O)C=CC1=O)NC(Cc1ccc(C#Cc2ccc(C#Cc3ccc(N4CCSSCC4)cc3)cc2)cc1)C(=O)CCc1ccncc1.[C-]#N.[C-]#N.[C-]#N.[C-]#N.[C-]#N.[Na+].[Na+].[Na+].[Os]. The summed E-state index contributed by atoms with van der Waals surface area (Å²) in [4.78, 5) is 57.5. The molecular formula is C48H38N9Na3O4OsS2-2. The molecule has 0 bridgehead atoms. The molecule has 3 aromatic carbocycles. The van der Waals surface area contributed by atoms with E-state index in [4.69, 9.17) is 59.2 Å². The third kappa shape index (κ3) is 26.0. The van der Waals surface area contributed by atoms with E-state index in [-0.39, 0.29) is 134 Å². The van der Waals surface area contributed by atoms with E-state index in [1.54, 1.807) is 12.4 Å². The second kappa shape index (κ2) is 42.9. The van der Waals surface area contributed by atoms with E-state index in [2.05, 4.69) is 63.1 Å². The summed E-state index contributed by atoms with van der Waals surface area (Å²) in [6.07, 6.45) is 6.68. The number of nitrogens with zero attached hydrogens (tertiary/aromatic N) is 8. The van der Waals surface area contributed by atoms with E-state index in [1.807, 2.05) is 82.3 Å². The number of carbonyl (C=O) groups is 4. The quantitative estimate of drug-likeness (QED) is 0.0526. The summed E-state index contributed by atoms with van der Waals surface area (Å²) in [5, 5.41) is 34.1. The molecule has 0 saturated carbocycles. The Hall–Kier alpha value is -4.46. The molecule has 2 aliphatic heterocycles. The summed E-state index contributed by atoms with van der Waals surface area (Å²) in [6, 6.07) is 26.9. The van der Waals surface area contributed by atoms with Crippen LogP contribution in [0.5, 0.6) is 0 Å². The van der Waals surface area contributed by atoms with Crippen molar-refractivity contribution in [1.29, 1.82) is 26.3 Å². The zero-order valence-corrected chi connectivity index (χ0v) is 47.4. The standard InChI is InChI=1S/C43H38N4O4S2.5CN.3Na.Os/c48-40(18-15-36-21-24-44-25-22-36)39(45-41(49)23-26-47-42(50)19-20-43(47)51)31-37-11-9-34(10-12-37)6-5-32-1-3-33(4-2-32)7-8-35-13-16-38(17-14-35)46-27-29-52-53-30-28-46;5*1-2;;;;/h1-4,9-14,16-17,19-22,24-25,39H,15,18,23,26-31H2,(H,45,49);;;;;;;;;/q;5*-1;3*+1;. The van der Waals surface area contributed by atoms with E-state index in [0.717, 1.165) is 62.9 Å². The minimum Gasteiger partial charge on any atom is -0.512 e. The maximum absolute atomic E-state index is 13.4. The number of hydrogen-bond donors (Lipinski definition) is 1. The van der Waals surface area contributed by atoms with E-state index in [0.29, 0.717) is 12.8 Å². The van der Waals surface area contributed by atoms with Crippen molar-refractivity contribution in [3.63, 3.8) is 0 Å². The van der Waals surface area contributed by atoms with Crippen molar-refractivity contribution in [3.05, 3.63) is 176 Å². The molecule has 3 heterocycles. The largest absolute Gasteiger partial charge is 1.00 e. The Morgan fingerprint density at radius 2 is 1.01 bits per heavy atom. The molecule has 19 heteroatoms. The smallest absolute Gasteiger partial charge is 0.512 e. The average Bonchev–Trinajstić information content (AvgIpc) is 3.49. The number of amides is 3. The second-order valence-electron chi connectivity index (χ2n) is 12.5. The Balaban J connectivity index is -0.00000133. The molecule has 1 N–H and O–H groups in total. The summed E-state index contributed by atoms with van der Waals surface area (Å²) < 4.78 is 0. The molecule has 4 aromatic rings. The van der Waals surface area contributed by atoms with Crippen LogP contribution in [0.1, 0.15) is 46.2 Å². The molecule has 1 aromatic heterocycles. The van der Waals surface area contributed by atoms with Gasteiger partial charge in [-0.1, -0.05) is 57.4 Å². The molecule has 1 saturated heterocycles. The Bertz CT molecular complexity index is 2300. The van der Waals surface area contributed by atoms with Crippen LogP contribution in [-0.4, -0.2) is 70.6 Å². The summed E-state index contributed by atoms with van der Waals surface area (Å²) >= 11 is 0. The van der Waals surface area contributed by atoms with E-state index < -0.39 is 23.8 Å². The molecule has 324 valence electrons. The first-order valence-electron chi connectivity index (χ1n) is 18.6. The fraction of sp³-hybridized carbons (Fsp3) is 0.208. The van der Waals surface area contributed by atoms with Crippen LogP contribution < -0.4 is 98.9 Å². The summed E-state index contributed by atoms with van der Waals surface area (Å²) in [6.45, 7) is 25.8. The van der Waals surface area contributed by atoms with Gasteiger partial charge in [-0.05, 0) is 96.8 Å². The number of hydrogen-bond acceptors (Lipinski definition) is 13. The number of aromatic nitrogens is 1. The summed E-state index contributed by atoms with van der Waals surface area (Å²) in [5.41, 5.74) is 6.67. The molecule has 6 rings (SSSR count). The van der Waals surface area contributed by atoms with Crippen LogP contribution in [0.4, 0.5) is 5.69 Å². The monoisotopic (exact) mass is 1130 g/mol. The van der Waals surface area contributed by atoms with Crippen LogP contribution in [0.2, 0.25) is 0 Å². The van der Waals surface area contributed by atoms with Gasteiger partial charge < -0.3 is 69.4 Å². The van der Waals surface area contributed by atoms with Gasteiger partial charge in [-0.2, -0.15) is 0 Å². The van der Waals surface area contributed by atoms with Crippen molar-refractivity contribution in [2.45, 2.75) is 31.7 Å². The molecule has 1 unspecified atom stereocenters. The van der Waals surface area contributed by atoms with Gasteiger partial charge in [-0.25, -0.2) is 0 Å². The van der Waals surface area contributed by atoms with Gasteiger partial charge in [0.15, 0.2) is 5.78 Å². The number of aryl methyl sites for hydroxylation is 1. The number of pyridine rings is 1. The maximum atomic E-state index is 13.4. The Kier molecular flexibility index (Phi) is 44.2. The topological polar surface area (TPSA) is 219 Å². The molecular weight excluding hydrogens is 1090 g/mol. The molecule has 67 heavy (non-hydrogen) atoms. The van der Waals surface area contributed by atoms with E-state index >= 15 is 0 Å². The second-order valence-corrected chi connectivity index (χ2v) is 15.2. The molecule has 1 atom stereocenters. The first-order chi connectivity index (χ1) is 30.9. The van der Waals surface area contributed by atoms with Crippen molar-refractivity contribution in [1.82, 2.24) is 15.2 Å². The molecule has 0 radical (unpaired) electrons. The fourth-order valence-electron chi connectivity index (χ4n) is 5.79. The molecule has 1 fully saturated rings. The molecule has 13 nitrogen and oxygen atoms in total. The number of ketones is 1. The number of carbonyl (C=O) groups excluding carboxylic acids is 4. The van der Waals surface area contributed by atoms with Crippen LogP contribution in [0.25, 0.3) is 0 Å². The van der Waals surface area contributed by atoms with Crippen LogP contribution in [0.15, 0.2) is 109 Å². The van der Waals surface area contributed by atoms with Gasteiger partial charge in [0.05, 0.1) is 6.04 Å². The third-order valence-electron chi connectivity index (χ3n) is 8.78. The molecule has 3 amide bonds. The van der Waals surface area contributed by atoms with E-state index in [9.17, 15) is 19.2 Å². The van der Waals surface area contributed by atoms with Gasteiger partial charge >= 0.3 is 88.7 Å². The zero-order chi connectivity index (χ0) is 46.8. The summed E-state index contributed by atoms with van der Waals surface area (Å²) in [7, 11) is 3.88. The van der Waals surface area contributed by atoms with Gasteiger partial charge in [-0.3, -0.25) is 29.1 Å². The summed E-state index contributed by atoms with van der Waals surface area (Å²) in [5.74, 6) is 13.8. The van der Waals surface area contributed by atoms with Crippen LogP contribution in [0, 0.1) is 82.9 Å². The van der Waals surface area contributed by atoms with Crippen LogP contribution >= 0.6 is 21.6 Å². The normalized spacial score (nSPS) is 11.6. The first kappa shape index (κ1) is 69.1. The van der Waals surface area contributed by atoms with Gasteiger partial charge in [0.1, 0.15) is 0 Å². The van der Waals surface area contributed by atoms with Gasteiger partial charge in [0.2, 0.25) is 5.91 Å². The van der Waals surface area contributed by atoms with Crippen molar-refractivity contribution >= 4 is 50.8 Å². The maximum Gasteiger partial charge on any atom is 1.00 e. The Labute approximate surface area is 481 Å². The minimum atomic E-state index is -0.770. The van der Waals surface area contributed by atoms with Crippen molar-refractivity contribution in [3.8, 4) is 23.7 Å². The fourth-order valence-corrected chi connectivity index (χ4v) is 7.77. The van der Waals surface area contributed by atoms with E-state index in [1.165, 1.54) is 17.8 Å². The number of Topliss-reactive ketones (excluding diaryl/α,β-unsaturated/α-hetero) is 1. The minimum absolute atomic E-state index is 0. The zero-order valence-electron chi connectivity index (χ0n) is 37.2. The first-order valence-corrected chi connectivity index (χ1v) is 21.1. The number of imide groups is 1. The van der Waals surface area contributed by atoms with Gasteiger partial charge in [0.25, 0.3) is 11.8 Å². The van der Waals surface area contributed by atoms with Gasteiger partial charge in [-0.15, -0.1) is 0 Å². The molecule has 0 spiro atoms. The van der Waals surface area contributed by atoms with Crippen molar-refractivity contribution in [2.24, 2.45) is 0 Å². The number of benzene rings is 3. The predicted molar refractivity (Wildman–Crippen MR) is 237 cm³/mol. The number of rotatable bonds is 11. The van der Waals surface area contributed by atoms with Crippen LogP contribution in [-0.2, 0) is 51.8 Å². The third-order valence-corrected chi connectivity index (χ3v) is 11.1. The predicted octanol–water partition coefficient (Wildman–Crippen LogP) is -2.88. The van der Waals surface area contributed by atoms with Crippen molar-refractivity contribution in [2.75, 3.05) is 36.0 Å². The average molecular weight is 1130 g/mol. The van der Waals surface area contributed by atoms with Crippen molar-refractivity contribution < 1.29 is 128 Å². The number of anilines is 1. The van der Waals surface area contributed by atoms with Gasteiger partial charge in [0, 0.05) is 116 Å². The van der Waals surface area contributed by atoms with Crippen LogP contribution in [0.3, 0.4) is 0 Å². The molecule has 0 aliphatic carbocycles.